The first kappa shape index (κ1) is 41.4. The molecule has 0 saturated carbocycles. The Morgan fingerprint density at radius 1 is 0.310 bits per heavy atom. The van der Waals surface area contributed by atoms with Gasteiger partial charge in [-0.3, -0.25) is 0 Å². The first-order valence-electron chi connectivity index (χ1n) is 19.4. The standard InChI is InChI=1S/C40H80N2/c1-5-7-9-11-13-15-17-19-21-23-25-27-29-31-33-35-37-42(40-39-41(3)4)38-36-34-32-30-28-26-24-22-20-18-16-14-12-10-8-6-2/h19-22H,5-18,23-40H2,1-4H3/b21-19-,22-20-. The molecule has 0 aliphatic rings. The van der Waals surface area contributed by atoms with Gasteiger partial charge in [-0.2, -0.15) is 0 Å². The Morgan fingerprint density at radius 2 is 0.595 bits per heavy atom. The van der Waals surface area contributed by atoms with E-state index in [9.17, 15) is 0 Å². The molecule has 0 spiro atoms. The lowest BCUT2D eigenvalue weighted by Gasteiger charge is -2.24. The molecule has 0 bridgehead atoms. The molecule has 0 saturated heterocycles. The van der Waals surface area contributed by atoms with Gasteiger partial charge in [0.25, 0.3) is 0 Å². The van der Waals surface area contributed by atoms with Crippen LogP contribution in [0.4, 0.5) is 0 Å². The average Bonchev–Trinajstić information content (AvgIpc) is 2.98. The number of unbranched alkanes of at least 4 members (excludes halogenated alkanes) is 24. The molecule has 0 aromatic carbocycles. The molecule has 0 aliphatic carbocycles. The van der Waals surface area contributed by atoms with Crippen LogP contribution in [0.2, 0.25) is 0 Å². The molecule has 2 nitrogen and oxygen atoms in total. The van der Waals surface area contributed by atoms with E-state index in [0.29, 0.717) is 0 Å². The minimum atomic E-state index is 1.19. The van der Waals surface area contributed by atoms with Crippen molar-refractivity contribution in [3.63, 3.8) is 0 Å². The van der Waals surface area contributed by atoms with Gasteiger partial charge in [0, 0.05) is 13.1 Å². The zero-order chi connectivity index (χ0) is 30.6. The number of hydrogen-bond donors (Lipinski definition) is 0. The average molecular weight is 589 g/mol. The molecular weight excluding hydrogens is 508 g/mol. The maximum Gasteiger partial charge on any atom is 0.0109 e. The van der Waals surface area contributed by atoms with Gasteiger partial charge in [0.15, 0.2) is 0 Å². The number of likely N-dealkylation sites (N-methyl/N-ethyl adjacent to an activating group) is 1. The van der Waals surface area contributed by atoms with Crippen LogP contribution in [0, 0.1) is 0 Å². The molecule has 0 fully saturated rings. The van der Waals surface area contributed by atoms with Crippen molar-refractivity contribution in [3.8, 4) is 0 Å². The Morgan fingerprint density at radius 3 is 0.905 bits per heavy atom. The third-order valence-corrected chi connectivity index (χ3v) is 8.84. The van der Waals surface area contributed by atoms with Crippen molar-refractivity contribution < 1.29 is 0 Å². The zero-order valence-electron chi connectivity index (χ0n) is 29.8. The van der Waals surface area contributed by atoms with E-state index < -0.39 is 0 Å². The topological polar surface area (TPSA) is 6.48 Å². The number of rotatable bonds is 35. The molecule has 2 heteroatoms. The zero-order valence-corrected chi connectivity index (χ0v) is 29.8. The molecule has 0 unspecified atom stereocenters. The van der Waals surface area contributed by atoms with Crippen LogP contribution in [-0.2, 0) is 0 Å². The summed E-state index contributed by atoms with van der Waals surface area (Å²) in [5.41, 5.74) is 0. The molecule has 0 atom stereocenters. The van der Waals surface area contributed by atoms with E-state index in [1.807, 2.05) is 0 Å². The molecule has 0 N–H and O–H groups in total. The predicted molar refractivity (Wildman–Crippen MR) is 194 cm³/mol. The van der Waals surface area contributed by atoms with E-state index >= 15 is 0 Å². The van der Waals surface area contributed by atoms with E-state index in [4.69, 9.17) is 0 Å². The summed E-state index contributed by atoms with van der Waals surface area (Å²) in [5.74, 6) is 0. The molecule has 250 valence electrons. The maximum absolute atomic E-state index is 2.75. The van der Waals surface area contributed by atoms with E-state index in [1.54, 1.807) is 0 Å². The molecule has 0 rings (SSSR count). The molecule has 0 aromatic rings. The van der Waals surface area contributed by atoms with Gasteiger partial charge >= 0.3 is 0 Å². The Kier molecular flexibility index (Phi) is 36.1. The summed E-state index contributed by atoms with van der Waals surface area (Å²) in [6, 6.07) is 0. The van der Waals surface area contributed by atoms with Crippen molar-refractivity contribution in [3.05, 3.63) is 24.3 Å². The van der Waals surface area contributed by atoms with Crippen molar-refractivity contribution in [1.82, 2.24) is 9.80 Å². The molecule has 0 aliphatic heterocycles. The summed E-state index contributed by atoms with van der Waals surface area (Å²) in [7, 11) is 4.43. The fraction of sp³-hybridized carbons (Fsp3) is 0.900. The minimum absolute atomic E-state index is 1.19. The van der Waals surface area contributed by atoms with E-state index in [2.05, 4.69) is 62.0 Å². The van der Waals surface area contributed by atoms with Gasteiger partial charge < -0.3 is 9.80 Å². The largest absolute Gasteiger partial charge is 0.308 e. The van der Waals surface area contributed by atoms with Crippen LogP contribution in [0.15, 0.2) is 24.3 Å². The van der Waals surface area contributed by atoms with Crippen molar-refractivity contribution >= 4 is 0 Å². The van der Waals surface area contributed by atoms with Crippen LogP contribution in [0.1, 0.15) is 194 Å². The molecular formula is C40H80N2. The Bertz CT molecular complexity index is 496. The number of allylic oxidation sites excluding steroid dienone is 4. The van der Waals surface area contributed by atoms with E-state index in [-0.39, 0.29) is 0 Å². The van der Waals surface area contributed by atoms with Gasteiger partial charge in [-0.15, -0.1) is 0 Å². The second kappa shape index (κ2) is 36.6. The van der Waals surface area contributed by atoms with Crippen molar-refractivity contribution in [2.45, 2.75) is 194 Å². The monoisotopic (exact) mass is 589 g/mol. The van der Waals surface area contributed by atoms with Gasteiger partial charge in [-0.25, -0.2) is 0 Å². The summed E-state index contributed by atoms with van der Waals surface area (Å²) in [6.07, 6.45) is 48.8. The Balaban J connectivity index is 3.63. The van der Waals surface area contributed by atoms with Crippen LogP contribution < -0.4 is 0 Å². The lowest BCUT2D eigenvalue weighted by atomic mass is 10.1. The fourth-order valence-electron chi connectivity index (χ4n) is 5.84. The molecule has 42 heavy (non-hydrogen) atoms. The van der Waals surface area contributed by atoms with Crippen LogP contribution in [-0.4, -0.2) is 50.1 Å². The smallest absolute Gasteiger partial charge is 0.0109 e. The highest BCUT2D eigenvalue weighted by molar-refractivity contribution is 4.82. The quantitative estimate of drug-likeness (QED) is 0.0536. The van der Waals surface area contributed by atoms with Crippen molar-refractivity contribution in [2.24, 2.45) is 0 Å². The lowest BCUT2D eigenvalue weighted by Crippen LogP contribution is -2.33. The fourth-order valence-corrected chi connectivity index (χ4v) is 5.84. The first-order chi connectivity index (χ1) is 20.7. The Labute approximate surface area is 267 Å². The highest BCUT2D eigenvalue weighted by Crippen LogP contribution is 2.13. The second-order valence-electron chi connectivity index (χ2n) is 13.5. The third kappa shape index (κ3) is 35.6. The molecule has 0 amide bonds. The van der Waals surface area contributed by atoms with Crippen LogP contribution >= 0.6 is 0 Å². The summed E-state index contributed by atoms with van der Waals surface area (Å²) < 4.78 is 0. The van der Waals surface area contributed by atoms with Gasteiger partial charge in [-0.05, 0) is 91.4 Å². The lowest BCUT2D eigenvalue weighted by molar-refractivity contribution is 0.231. The minimum Gasteiger partial charge on any atom is -0.308 e. The van der Waals surface area contributed by atoms with Gasteiger partial charge in [0.05, 0.1) is 0 Å². The number of nitrogens with zero attached hydrogens (tertiary/aromatic N) is 2. The maximum atomic E-state index is 2.75. The van der Waals surface area contributed by atoms with Crippen LogP contribution in [0.5, 0.6) is 0 Å². The summed E-state index contributed by atoms with van der Waals surface area (Å²) in [6.45, 7) is 9.64. The second-order valence-corrected chi connectivity index (χ2v) is 13.5. The highest BCUT2D eigenvalue weighted by atomic mass is 15.2. The predicted octanol–water partition coefficient (Wildman–Crippen LogP) is 12.9. The SMILES string of the molecule is CCCCCCCC/C=C\CCCCCCCCN(CCCCCCCC/C=C\CCCCCCCC)CCN(C)C. The van der Waals surface area contributed by atoms with E-state index in [1.165, 1.54) is 206 Å². The van der Waals surface area contributed by atoms with Gasteiger partial charge in [-0.1, -0.05) is 154 Å². The highest BCUT2D eigenvalue weighted by Gasteiger charge is 2.05. The third-order valence-electron chi connectivity index (χ3n) is 8.84. The van der Waals surface area contributed by atoms with E-state index in [0.717, 1.165) is 0 Å². The molecule has 0 radical (unpaired) electrons. The van der Waals surface area contributed by atoms with Crippen LogP contribution in [0.3, 0.4) is 0 Å². The number of hydrogen-bond acceptors (Lipinski definition) is 2. The normalized spacial score (nSPS) is 12.2. The van der Waals surface area contributed by atoms with Crippen molar-refractivity contribution in [2.75, 3.05) is 40.3 Å². The van der Waals surface area contributed by atoms with Crippen molar-refractivity contribution in [1.29, 1.82) is 0 Å². The Hall–Kier alpha value is -0.600. The summed E-state index contributed by atoms with van der Waals surface area (Å²) in [5, 5.41) is 0. The molecule has 0 aromatic heterocycles. The summed E-state index contributed by atoms with van der Waals surface area (Å²) >= 11 is 0. The summed E-state index contributed by atoms with van der Waals surface area (Å²) in [4.78, 5) is 5.10. The van der Waals surface area contributed by atoms with Gasteiger partial charge in [0.2, 0.25) is 0 Å². The van der Waals surface area contributed by atoms with Gasteiger partial charge in [0.1, 0.15) is 0 Å². The molecule has 0 heterocycles. The first-order valence-corrected chi connectivity index (χ1v) is 19.4. The van der Waals surface area contributed by atoms with Crippen LogP contribution in [0.25, 0.3) is 0 Å².